The quantitative estimate of drug-likeness (QED) is 0.927. The van der Waals surface area contributed by atoms with Crippen LogP contribution >= 0.6 is 0 Å². The van der Waals surface area contributed by atoms with Crippen molar-refractivity contribution in [2.24, 2.45) is 0 Å². The molecule has 0 saturated heterocycles. The molecule has 1 heterocycles. The molecule has 6 heteroatoms. The van der Waals surface area contributed by atoms with Gasteiger partial charge in [-0.1, -0.05) is 18.2 Å². The average molecular weight is 270 g/mol. The van der Waals surface area contributed by atoms with Crippen LogP contribution in [0.25, 0.3) is 11.3 Å². The number of carbonyl (C=O) groups is 1. The summed E-state index contributed by atoms with van der Waals surface area (Å²) in [5.74, 6) is -0.992. The molecule has 0 bridgehead atoms. The van der Waals surface area contributed by atoms with Crippen LogP contribution in [0, 0.1) is 0 Å². The largest absolute Gasteiger partial charge is 0.481 e. The molecule has 0 spiro atoms. The number of rotatable bonds is 3. The van der Waals surface area contributed by atoms with Gasteiger partial charge in [0.15, 0.2) is 0 Å². The molecule has 1 N–H and O–H groups in total. The van der Waals surface area contributed by atoms with E-state index in [0.717, 1.165) is 6.07 Å². The van der Waals surface area contributed by atoms with Crippen molar-refractivity contribution in [3.63, 3.8) is 0 Å². The highest BCUT2D eigenvalue weighted by Gasteiger charge is 2.34. The fraction of sp³-hybridized carbons (Fsp3) is 0.154. The molecule has 3 nitrogen and oxygen atoms in total. The third kappa shape index (κ3) is 2.96. The summed E-state index contributed by atoms with van der Waals surface area (Å²) in [4.78, 5) is 10.5. The van der Waals surface area contributed by atoms with E-state index in [9.17, 15) is 18.0 Å². The van der Waals surface area contributed by atoms with Crippen LogP contribution in [0.15, 0.2) is 40.8 Å². The molecule has 0 fully saturated rings. The predicted molar refractivity (Wildman–Crippen MR) is 60.5 cm³/mol. The molecular weight excluding hydrogens is 261 g/mol. The fourth-order valence-electron chi connectivity index (χ4n) is 1.71. The highest BCUT2D eigenvalue weighted by atomic mass is 19.4. The Morgan fingerprint density at radius 3 is 2.47 bits per heavy atom. The van der Waals surface area contributed by atoms with Gasteiger partial charge in [0.25, 0.3) is 0 Å². The zero-order valence-electron chi connectivity index (χ0n) is 9.57. The number of alkyl halides is 3. The monoisotopic (exact) mass is 270 g/mol. The van der Waals surface area contributed by atoms with E-state index in [1.54, 1.807) is 0 Å². The van der Waals surface area contributed by atoms with Gasteiger partial charge in [-0.3, -0.25) is 4.79 Å². The van der Waals surface area contributed by atoms with Crippen molar-refractivity contribution in [1.29, 1.82) is 0 Å². The number of furan rings is 1. The summed E-state index contributed by atoms with van der Waals surface area (Å²) < 4.78 is 43.6. The Morgan fingerprint density at radius 2 is 1.84 bits per heavy atom. The molecule has 1 aromatic heterocycles. The van der Waals surface area contributed by atoms with E-state index in [1.165, 1.54) is 30.3 Å². The maximum atomic E-state index is 12.8. The van der Waals surface area contributed by atoms with Crippen molar-refractivity contribution in [1.82, 2.24) is 0 Å². The number of carboxylic acids is 1. The maximum absolute atomic E-state index is 12.8. The molecule has 2 rings (SSSR count). The van der Waals surface area contributed by atoms with E-state index >= 15 is 0 Å². The van der Waals surface area contributed by atoms with Crippen LogP contribution in [0.4, 0.5) is 13.2 Å². The molecule has 100 valence electrons. The van der Waals surface area contributed by atoms with E-state index in [-0.39, 0.29) is 23.5 Å². The van der Waals surface area contributed by atoms with Gasteiger partial charge in [-0.05, 0) is 18.2 Å². The van der Waals surface area contributed by atoms with Crippen LogP contribution < -0.4 is 0 Å². The van der Waals surface area contributed by atoms with Crippen molar-refractivity contribution < 1.29 is 27.5 Å². The number of benzene rings is 1. The number of hydrogen-bond donors (Lipinski definition) is 1. The zero-order chi connectivity index (χ0) is 14.0. The summed E-state index contributed by atoms with van der Waals surface area (Å²) in [6, 6.07) is 7.68. The Morgan fingerprint density at radius 1 is 1.16 bits per heavy atom. The molecule has 0 saturated carbocycles. The van der Waals surface area contributed by atoms with E-state index < -0.39 is 17.7 Å². The Kier molecular flexibility index (Phi) is 3.33. The summed E-state index contributed by atoms with van der Waals surface area (Å²) in [6.45, 7) is 0. The van der Waals surface area contributed by atoms with Gasteiger partial charge >= 0.3 is 12.1 Å². The number of aliphatic carboxylic acids is 1. The topological polar surface area (TPSA) is 50.4 Å². The van der Waals surface area contributed by atoms with Crippen molar-refractivity contribution in [2.45, 2.75) is 12.6 Å². The lowest BCUT2D eigenvalue weighted by molar-refractivity contribution is -0.138. The summed E-state index contributed by atoms with van der Waals surface area (Å²) in [6.07, 6.45) is -4.86. The average Bonchev–Trinajstić information content (AvgIpc) is 2.75. The van der Waals surface area contributed by atoms with Crippen LogP contribution in [0.2, 0.25) is 0 Å². The van der Waals surface area contributed by atoms with Gasteiger partial charge in [0.1, 0.15) is 17.9 Å². The summed E-state index contributed by atoms with van der Waals surface area (Å²) in [5, 5.41) is 8.59. The molecule has 2 aromatic rings. The predicted octanol–water partition coefficient (Wildman–Crippen LogP) is 3.59. The smallest absolute Gasteiger partial charge is 0.417 e. The molecule has 0 aliphatic rings. The summed E-state index contributed by atoms with van der Waals surface area (Å²) in [7, 11) is 0. The molecular formula is C13H9F3O3. The lowest BCUT2D eigenvalue weighted by atomic mass is 10.1. The van der Waals surface area contributed by atoms with Crippen LogP contribution in [0.3, 0.4) is 0 Å². The number of carboxylic acid groups (broad SMARTS) is 1. The van der Waals surface area contributed by atoms with Crippen LogP contribution in [-0.2, 0) is 17.4 Å². The molecule has 19 heavy (non-hydrogen) atoms. The normalized spacial score (nSPS) is 11.5. The van der Waals surface area contributed by atoms with Crippen molar-refractivity contribution in [2.75, 3.05) is 0 Å². The number of halogens is 3. The third-order valence-electron chi connectivity index (χ3n) is 2.49. The maximum Gasteiger partial charge on any atom is 0.417 e. The first-order valence-electron chi connectivity index (χ1n) is 5.35. The highest BCUT2D eigenvalue weighted by molar-refractivity contribution is 5.70. The first-order chi connectivity index (χ1) is 8.88. The molecule has 0 aliphatic heterocycles. The minimum atomic E-state index is -4.49. The fourth-order valence-corrected chi connectivity index (χ4v) is 1.71. The van der Waals surface area contributed by atoms with E-state index in [0.29, 0.717) is 0 Å². The highest BCUT2D eigenvalue weighted by Crippen LogP contribution is 2.37. The number of hydrogen-bond acceptors (Lipinski definition) is 2. The third-order valence-corrected chi connectivity index (χ3v) is 2.49. The Labute approximate surface area is 106 Å². The van der Waals surface area contributed by atoms with Gasteiger partial charge < -0.3 is 9.52 Å². The molecule has 0 unspecified atom stereocenters. The van der Waals surface area contributed by atoms with Gasteiger partial charge in [0, 0.05) is 5.56 Å². The van der Waals surface area contributed by atoms with Gasteiger partial charge in [0.2, 0.25) is 0 Å². The van der Waals surface area contributed by atoms with E-state index in [4.69, 9.17) is 9.52 Å². The summed E-state index contributed by atoms with van der Waals surface area (Å²) in [5.41, 5.74) is -0.919. The van der Waals surface area contributed by atoms with Crippen molar-refractivity contribution in [3.8, 4) is 11.3 Å². The van der Waals surface area contributed by atoms with Gasteiger partial charge in [-0.2, -0.15) is 13.2 Å². The van der Waals surface area contributed by atoms with Crippen molar-refractivity contribution in [3.05, 3.63) is 47.7 Å². The Bertz CT molecular complexity index is 599. The van der Waals surface area contributed by atoms with Gasteiger partial charge in [-0.25, -0.2) is 0 Å². The first-order valence-corrected chi connectivity index (χ1v) is 5.35. The molecule has 0 atom stereocenters. The van der Waals surface area contributed by atoms with Crippen LogP contribution in [0.5, 0.6) is 0 Å². The molecule has 0 radical (unpaired) electrons. The second-order valence-corrected chi connectivity index (χ2v) is 3.88. The lowest BCUT2D eigenvalue weighted by Gasteiger charge is -2.10. The molecule has 1 aromatic carbocycles. The minimum absolute atomic E-state index is 0.00387. The zero-order valence-corrected chi connectivity index (χ0v) is 9.57. The summed E-state index contributed by atoms with van der Waals surface area (Å²) >= 11 is 0. The minimum Gasteiger partial charge on any atom is -0.481 e. The first kappa shape index (κ1) is 13.2. The molecule has 0 aliphatic carbocycles. The van der Waals surface area contributed by atoms with E-state index in [2.05, 4.69) is 0 Å². The van der Waals surface area contributed by atoms with Gasteiger partial charge in [-0.15, -0.1) is 0 Å². The lowest BCUT2D eigenvalue weighted by Crippen LogP contribution is -2.06. The van der Waals surface area contributed by atoms with Gasteiger partial charge in [0.05, 0.1) is 5.56 Å². The van der Waals surface area contributed by atoms with Crippen LogP contribution in [-0.4, -0.2) is 11.1 Å². The SMILES string of the molecule is O=C(O)Cc1ccc(-c2ccccc2C(F)(F)F)o1. The Hall–Kier alpha value is -2.24. The van der Waals surface area contributed by atoms with Crippen molar-refractivity contribution >= 4 is 5.97 Å². The molecule has 0 amide bonds. The Balaban J connectivity index is 2.42. The second kappa shape index (κ2) is 4.79. The second-order valence-electron chi connectivity index (χ2n) is 3.88. The standard InChI is InChI=1S/C13H9F3O3/c14-13(15,16)10-4-2-1-3-9(10)11-6-5-8(19-11)7-12(17)18/h1-6H,7H2,(H,17,18). The van der Waals surface area contributed by atoms with E-state index in [1.807, 2.05) is 0 Å². The van der Waals surface area contributed by atoms with Crippen LogP contribution in [0.1, 0.15) is 11.3 Å².